The third-order valence-corrected chi connectivity index (χ3v) is 5.90. The van der Waals surface area contributed by atoms with E-state index in [4.69, 9.17) is 0 Å². The standard InChI is InChI=1S/C21H27F2N7O/c1-13-17(11-31)29(21(2,3)4)8-7-28(13)19-9-15(25-12-26-19)16-10-24-18-6-5-14(20(22)23)27-30(16)18/h5-6,9-10,12-13,17,20,31H,7-8,11H2,1-4H3. The van der Waals surface area contributed by atoms with Gasteiger partial charge in [-0.15, -0.1) is 0 Å². The molecular weight excluding hydrogens is 404 g/mol. The Hall–Kier alpha value is -2.72. The van der Waals surface area contributed by atoms with Gasteiger partial charge in [0.25, 0.3) is 6.43 Å². The maximum Gasteiger partial charge on any atom is 0.282 e. The first-order chi connectivity index (χ1) is 14.7. The molecule has 0 amide bonds. The van der Waals surface area contributed by atoms with Crippen LogP contribution in [0.25, 0.3) is 17.0 Å². The molecule has 2 unspecified atom stereocenters. The summed E-state index contributed by atoms with van der Waals surface area (Å²) in [7, 11) is 0. The van der Waals surface area contributed by atoms with Crippen LogP contribution in [0.2, 0.25) is 0 Å². The molecular formula is C21H27F2N7O. The summed E-state index contributed by atoms with van der Waals surface area (Å²) in [5, 5.41) is 14.1. The SMILES string of the molecule is CC1C(CO)N(C(C)(C)C)CCN1c1cc(-c2cnc3ccc(C(F)F)nn23)ncn1. The summed E-state index contributed by atoms with van der Waals surface area (Å²) in [4.78, 5) is 17.5. The van der Waals surface area contributed by atoms with E-state index < -0.39 is 6.43 Å². The molecule has 0 saturated carbocycles. The number of halogens is 2. The van der Waals surface area contributed by atoms with Crippen molar-refractivity contribution in [2.75, 3.05) is 24.6 Å². The van der Waals surface area contributed by atoms with Crippen molar-refractivity contribution >= 4 is 11.5 Å². The fourth-order valence-electron chi connectivity index (χ4n) is 4.28. The average molecular weight is 431 g/mol. The van der Waals surface area contributed by atoms with E-state index in [0.29, 0.717) is 22.9 Å². The molecule has 1 aliphatic rings. The van der Waals surface area contributed by atoms with E-state index in [2.05, 4.69) is 57.5 Å². The Bertz CT molecular complexity index is 1070. The van der Waals surface area contributed by atoms with Crippen molar-refractivity contribution in [2.24, 2.45) is 0 Å². The van der Waals surface area contributed by atoms with Gasteiger partial charge in [0.05, 0.1) is 24.5 Å². The molecule has 0 aliphatic carbocycles. The number of hydrogen-bond donors (Lipinski definition) is 1. The summed E-state index contributed by atoms with van der Waals surface area (Å²) in [5.74, 6) is 0.712. The lowest BCUT2D eigenvalue weighted by atomic mass is 9.95. The Kier molecular flexibility index (Phi) is 5.61. The summed E-state index contributed by atoms with van der Waals surface area (Å²) >= 11 is 0. The van der Waals surface area contributed by atoms with Gasteiger partial charge < -0.3 is 10.0 Å². The predicted molar refractivity (Wildman–Crippen MR) is 113 cm³/mol. The number of anilines is 1. The van der Waals surface area contributed by atoms with Crippen molar-refractivity contribution < 1.29 is 13.9 Å². The summed E-state index contributed by atoms with van der Waals surface area (Å²) in [6.45, 7) is 10.1. The van der Waals surface area contributed by atoms with Crippen LogP contribution in [0.5, 0.6) is 0 Å². The van der Waals surface area contributed by atoms with Crippen molar-refractivity contribution in [2.45, 2.75) is 51.7 Å². The molecule has 3 aromatic rings. The number of imidazole rings is 1. The molecule has 0 bridgehead atoms. The quantitative estimate of drug-likeness (QED) is 0.680. The van der Waals surface area contributed by atoms with Crippen molar-refractivity contribution in [3.05, 3.63) is 36.4 Å². The van der Waals surface area contributed by atoms with Gasteiger partial charge in [0, 0.05) is 30.7 Å². The molecule has 166 valence electrons. The van der Waals surface area contributed by atoms with Gasteiger partial charge >= 0.3 is 0 Å². The largest absolute Gasteiger partial charge is 0.395 e. The molecule has 8 nitrogen and oxygen atoms in total. The molecule has 1 saturated heterocycles. The molecule has 0 spiro atoms. The number of aromatic nitrogens is 5. The Morgan fingerprint density at radius 3 is 2.61 bits per heavy atom. The van der Waals surface area contributed by atoms with E-state index in [0.717, 1.165) is 13.1 Å². The molecule has 0 aromatic carbocycles. The van der Waals surface area contributed by atoms with Crippen LogP contribution in [0.1, 0.15) is 39.8 Å². The molecule has 10 heteroatoms. The van der Waals surface area contributed by atoms with Crippen LogP contribution < -0.4 is 4.90 Å². The molecule has 1 N–H and O–H groups in total. The second-order valence-electron chi connectivity index (χ2n) is 8.78. The van der Waals surface area contributed by atoms with Crippen LogP contribution >= 0.6 is 0 Å². The van der Waals surface area contributed by atoms with Gasteiger partial charge in [-0.1, -0.05) is 0 Å². The topological polar surface area (TPSA) is 82.7 Å². The molecule has 1 fully saturated rings. The zero-order valence-corrected chi connectivity index (χ0v) is 18.1. The molecule has 1 aliphatic heterocycles. The van der Waals surface area contributed by atoms with Crippen LogP contribution in [0.3, 0.4) is 0 Å². The van der Waals surface area contributed by atoms with Crippen LogP contribution in [0.15, 0.2) is 30.7 Å². The van der Waals surface area contributed by atoms with Crippen molar-refractivity contribution in [1.82, 2.24) is 29.5 Å². The van der Waals surface area contributed by atoms with Crippen molar-refractivity contribution in [3.63, 3.8) is 0 Å². The fraction of sp³-hybridized carbons (Fsp3) is 0.524. The van der Waals surface area contributed by atoms with Gasteiger partial charge in [-0.3, -0.25) is 4.90 Å². The Labute approximate surface area is 179 Å². The van der Waals surface area contributed by atoms with E-state index in [1.54, 1.807) is 6.20 Å². The first-order valence-corrected chi connectivity index (χ1v) is 10.3. The molecule has 4 heterocycles. The fourth-order valence-corrected chi connectivity index (χ4v) is 4.28. The number of rotatable bonds is 4. The Morgan fingerprint density at radius 2 is 1.94 bits per heavy atom. The summed E-state index contributed by atoms with van der Waals surface area (Å²) in [6, 6.07) is 4.58. The van der Waals surface area contributed by atoms with Gasteiger partial charge in [0.1, 0.15) is 23.5 Å². The van der Waals surface area contributed by atoms with E-state index in [9.17, 15) is 13.9 Å². The predicted octanol–water partition coefficient (Wildman–Crippen LogP) is 2.79. The summed E-state index contributed by atoms with van der Waals surface area (Å²) in [6.07, 6.45) is 0.356. The molecule has 3 aromatic heterocycles. The number of nitrogens with zero attached hydrogens (tertiary/aromatic N) is 7. The lowest BCUT2D eigenvalue weighted by Crippen LogP contribution is -2.64. The van der Waals surface area contributed by atoms with Crippen LogP contribution in [0, 0.1) is 0 Å². The van der Waals surface area contributed by atoms with Crippen LogP contribution in [-0.4, -0.2) is 71.9 Å². The van der Waals surface area contributed by atoms with E-state index in [1.807, 2.05) is 6.07 Å². The zero-order chi connectivity index (χ0) is 22.3. The van der Waals surface area contributed by atoms with Crippen molar-refractivity contribution in [3.8, 4) is 11.4 Å². The van der Waals surface area contributed by atoms with E-state index >= 15 is 0 Å². The zero-order valence-electron chi connectivity index (χ0n) is 18.1. The molecule has 31 heavy (non-hydrogen) atoms. The number of fused-ring (bicyclic) bond motifs is 1. The van der Waals surface area contributed by atoms with Gasteiger partial charge in [-0.05, 0) is 39.8 Å². The molecule has 4 rings (SSSR count). The minimum atomic E-state index is -2.67. The van der Waals surface area contributed by atoms with E-state index in [-0.39, 0.29) is 29.9 Å². The highest BCUT2D eigenvalue weighted by molar-refractivity contribution is 5.62. The van der Waals surface area contributed by atoms with Gasteiger partial charge in [-0.25, -0.2) is 28.2 Å². The van der Waals surface area contributed by atoms with Crippen LogP contribution in [-0.2, 0) is 0 Å². The molecule has 0 radical (unpaired) electrons. The molecule has 2 atom stereocenters. The Morgan fingerprint density at radius 1 is 1.16 bits per heavy atom. The third-order valence-electron chi connectivity index (χ3n) is 5.90. The summed E-state index contributed by atoms with van der Waals surface area (Å²) in [5.41, 5.74) is 1.14. The first-order valence-electron chi connectivity index (χ1n) is 10.3. The number of alkyl halides is 2. The number of aliphatic hydroxyl groups excluding tert-OH is 1. The van der Waals surface area contributed by atoms with Gasteiger partial charge in [0.15, 0.2) is 5.65 Å². The highest BCUT2D eigenvalue weighted by atomic mass is 19.3. The normalized spacial score (nSPS) is 20.7. The van der Waals surface area contributed by atoms with E-state index in [1.165, 1.54) is 23.0 Å². The van der Waals surface area contributed by atoms with Gasteiger partial charge in [-0.2, -0.15) is 5.10 Å². The second kappa shape index (κ2) is 8.08. The average Bonchev–Trinajstić information content (AvgIpc) is 3.16. The minimum absolute atomic E-state index is 0.0199. The van der Waals surface area contributed by atoms with Gasteiger partial charge in [0.2, 0.25) is 0 Å². The maximum atomic E-state index is 13.1. The lowest BCUT2D eigenvalue weighted by Gasteiger charge is -2.51. The number of hydrogen-bond acceptors (Lipinski definition) is 7. The highest BCUT2D eigenvalue weighted by Crippen LogP contribution is 2.30. The van der Waals surface area contributed by atoms with Crippen LogP contribution in [0.4, 0.5) is 14.6 Å². The Balaban J connectivity index is 1.68. The second-order valence-corrected chi connectivity index (χ2v) is 8.78. The number of piperazine rings is 1. The highest BCUT2D eigenvalue weighted by Gasteiger charge is 2.39. The third kappa shape index (κ3) is 3.97. The first kappa shape index (κ1) is 21.5. The minimum Gasteiger partial charge on any atom is -0.395 e. The monoisotopic (exact) mass is 431 g/mol. The maximum absolute atomic E-state index is 13.1. The van der Waals surface area contributed by atoms with Crippen molar-refractivity contribution in [1.29, 1.82) is 0 Å². The smallest absolute Gasteiger partial charge is 0.282 e. The lowest BCUT2D eigenvalue weighted by molar-refractivity contribution is 0.0187. The summed E-state index contributed by atoms with van der Waals surface area (Å²) < 4.78 is 27.6. The number of aliphatic hydroxyl groups is 1.